The molecule has 17 heavy (non-hydrogen) atoms. The van der Waals surface area contributed by atoms with E-state index in [4.69, 9.17) is 17.3 Å². The molecule has 6 nitrogen and oxygen atoms in total. The molecule has 0 saturated carbocycles. The number of thiazole rings is 1. The molecule has 8 heteroatoms. The smallest absolute Gasteiger partial charge is 0.231 e. The Hall–Kier alpha value is -1.73. The van der Waals surface area contributed by atoms with Gasteiger partial charge in [0.2, 0.25) is 11.2 Å². The maximum Gasteiger partial charge on any atom is 0.231 e. The Morgan fingerprint density at radius 3 is 3.00 bits per heavy atom. The Balaban J connectivity index is 1.98. The van der Waals surface area contributed by atoms with E-state index in [0.29, 0.717) is 16.6 Å². The number of nitrogens with zero attached hydrogens (tertiary/aromatic N) is 3. The van der Waals surface area contributed by atoms with Crippen molar-refractivity contribution in [1.82, 2.24) is 15.0 Å². The lowest BCUT2D eigenvalue weighted by Crippen LogP contribution is -2.15. The van der Waals surface area contributed by atoms with Gasteiger partial charge in [-0.05, 0) is 17.7 Å². The second-order valence-corrected chi connectivity index (χ2v) is 4.34. The highest BCUT2D eigenvalue weighted by atomic mass is 35.5. The Morgan fingerprint density at radius 1 is 1.53 bits per heavy atom. The number of carbonyl (C=O) groups excluding carboxylic acids is 1. The van der Waals surface area contributed by atoms with E-state index in [1.165, 1.54) is 17.5 Å². The highest BCUT2D eigenvalue weighted by Crippen LogP contribution is 2.12. The van der Waals surface area contributed by atoms with Crippen LogP contribution in [0.4, 0.5) is 10.9 Å². The van der Waals surface area contributed by atoms with Gasteiger partial charge in [0.15, 0.2) is 5.13 Å². The van der Waals surface area contributed by atoms with Crippen LogP contribution < -0.4 is 11.1 Å². The van der Waals surface area contributed by atoms with Gasteiger partial charge in [0, 0.05) is 11.6 Å². The molecule has 0 bridgehead atoms. The van der Waals surface area contributed by atoms with Gasteiger partial charge in [-0.25, -0.2) is 15.0 Å². The first-order valence-corrected chi connectivity index (χ1v) is 5.87. The van der Waals surface area contributed by atoms with Gasteiger partial charge in [-0.2, -0.15) is 0 Å². The van der Waals surface area contributed by atoms with E-state index in [9.17, 15) is 4.79 Å². The average molecular weight is 270 g/mol. The predicted octanol–water partition coefficient (Wildman–Crippen LogP) is 1.35. The molecular weight excluding hydrogens is 262 g/mol. The zero-order chi connectivity index (χ0) is 12.3. The van der Waals surface area contributed by atoms with Gasteiger partial charge in [-0.15, -0.1) is 11.3 Å². The molecule has 0 aliphatic heterocycles. The molecule has 2 aromatic rings. The van der Waals surface area contributed by atoms with Crippen molar-refractivity contribution in [2.24, 2.45) is 0 Å². The van der Waals surface area contributed by atoms with Crippen LogP contribution in [0.5, 0.6) is 0 Å². The minimum absolute atomic E-state index is 0.0840. The lowest BCUT2D eigenvalue weighted by molar-refractivity contribution is -0.115. The minimum atomic E-state index is -0.231. The number of hydrogen-bond donors (Lipinski definition) is 2. The van der Waals surface area contributed by atoms with Crippen LogP contribution in [0, 0.1) is 0 Å². The quantitative estimate of drug-likeness (QED) is 0.821. The van der Waals surface area contributed by atoms with E-state index in [-0.39, 0.29) is 17.6 Å². The van der Waals surface area contributed by atoms with Crippen molar-refractivity contribution >= 4 is 39.8 Å². The fourth-order valence-electron chi connectivity index (χ4n) is 1.16. The number of carbonyl (C=O) groups is 1. The van der Waals surface area contributed by atoms with Gasteiger partial charge in [0.25, 0.3) is 0 Å². The first-order chi connectivity index (χ1) is 8.13. The second-order valence-electron chi connectivity index (χ2n) is 3.11. The van der Waals surface area contributed by atoms with Gasteiger partial charge in [0.1, 0.15) is 5.82 Å². The number of nitrogens with two attached hydrogens (primary N) is 1. The predicted molar refractivity (Wildman–Crippen MR) is 65.9 cm³/mol. The standard InChI is InChI=1S/C9H8ClN5OS/c10-8-12-2-1-6(15-8)14-7(16)3-5-4-17-9(11)13-5/h1-2,4H,3H2,(H2,11,13)(H,12,14,15,16). The van der Waals surface area contributed by atoms with E-state index in [1.807, 2.05) is 0 Å². The Morgan fingerprint density at radius 2 is 2.35 bits per heavy atom. The molecule has 0 atom stereocenters. The van der Waals surface area contributed by atoms with Gasteiger partial charge in [0.05, 0.1) is 12.1 Å². The third-order valence-corrected chi connectivity index (χ3v) is 2.71. The second kappa shape index (κ2) is 5.07. The van der Waals surface area contributed by atoms with E-state index in [0.717, 1.165) is 0 Å². The van der Waals surface area contributed by atoms with Gasteiger partial charge in [-0.1, -0.05) is 0 Å². The molecule has 0 aliphatic rings. The van der Waals surface area contributed by atoms with E-state index in [2.05, 4.69) is 20.3 Å². The first kappa shape index (κ1) is 11.7. The van der Waals surface area contributed by atoms with Crippen molar-refractivity contribution in [3.05, 3.63) is 28.6 Å². The van der Waals surface area contributed by atoms with Crippen molar-refractivity contribution in [2.75, 3.05) is 11.1 Å². The Kier molecular flexibility index (Phi) is 3.50. The van der Waals surface area contributed by atoms with Crippen LogP contribution in [0.25, 0.3) is 0 Å². The molecule has 2 aromatic heterocycles. The highest BCUT2D eigenvalue weighted by molar-refractivity contribution is 7.13. The zero-order valence-electron chi connectivity index (χ0n) is 8.55. The van der Waals surface area contributed by atoms with Crippen molar-refractivity contribution < 1.29 is 4.79 Å². The van der Waals surface area contributed by atoms with Crippen molar-refractivity contribution in [2.45, 2.75) is 6.42 Å². The van der Waals surface area contributed by atoms with Crippen molar-refractivity contribution in [3.63, 3.8) is 0 Å². The summed E-state index contributed by atoms with van der Waals surface area (Å²) in [6.07, 6.45) is 1.61. The number of halogens is 1. The third kappa shape index (κ3) is 3.36. The number of nitrogen functional groups attached to an aromatic ring is 1. The number of rotatable bonds is 3. The maximum atomic E-state index is 11.6. The first-order valence-electron chi connectivity index (χ1n) is 4.62. The number of nitrogens with one attached hydrogen (secondary N) is 1. The summed E-state index contributed by atoms with van der Waals surface area (Å²) in [6.45, 7) is 0. The van der Waals surface area contributed by atoms with E-state index >= 15 is 0 Å². The Labute approximate surface area is 106 Å². The SMILES string of the molecule is Nc1nc(CC(=O)Nc2ccnc(Cl)n2)cs1. The number of anilines is 2. The topological polar surface area (TPSA) is 93.8 Å². The van der Waals surface area contributed by atoms with Crippen LogP contribution in [0.3, 0.4) is 0 Å². The molecule has 0 fully saturated rings. The lowest BCUT2D eigenvalue weighted by atomic mass is 10.3. The summed E-state index contributed by atoms with van der Waals surface area (Å²) >= 11 is 6.89. The van der Waals surface area contributed by atoms with Crippen molar-refractivity contribution in [1.29, 1.82) is 0 Å². The summed E-state index contributed by atoms with van der Waals surface area (Å²) in [5.74, 6) is 0.128. The lowest BCUT2D eigenvalue weighted by Gasteiger charge is -2.02. The van der Waals surface area contributed by atoms with Crippen molar-refractivity contribution in [3.8, 4) is 0 Å². The molecule has 0 unspecified atom stereocenters. The molecule has 0 aliphatic carbocycles. The molecule has 2 heterocycles. The fourth-order valence-corrected chi connectivity index (χ4v) is 1.87. The monoisotopic (exact) mass is 269 g/mol. The molecular formula is C9H8ClN5OS. The van der Waals surface area contributed by atoms with Crippen LogP contribution in [0.2, 0.25) is 5.28 Å². The summed E-state index contributed by atoms with van der Waals surface area (Å²) < 4.78 is 0. The van der Waals surface area contributed by atoms with E-state index in [1.54, 1.807) is 11.4 Å². The van der Waals surface area contributed by atoms with Gasteiger partial charge in [-0.3, -0.25) is 4.79 Å². The molecule has 0 saturated heterocycles. The van der Waals surface area contributed by atoms with E-state index < -0.39 is 0 Å². The summed E-state index contributed by atoms with van der Waals surface area (Å²) in [5, 5.41) is 4.85. The molecule has 2 rings (SSSR count). The molecule has 3 N–H and O–H groups in total. The molecule has 0 radical (unpaired) electrons. The average Bonchev–Trinajstić information content (AvgIpc) is 2.63. The maximum absolute atomic E-state index is 11.6. The summed E-state index contributed by atoms with van der Waals surface area (Å²) in [7, 11) is 0. The summed E-state index contributed by atoms with van der Waals surface area (Å²) in [5.41, 5.74) is 6.09. The largest absolute Gasteiger partial charge is 0.375 e. The zero-order valence-corrected chi connectivity index (χ0v) is 10.1. The highest BCUT2D eigenvalue weighted by Gasteiger charge is 2.08. The van der Waals surface area contributed by atoms with Crippen LogP contribution in [-0.4, -0.2) is 20.9 Å². The summed E-state index contributed by atoms with van der Waals surface area (Å²) in [6, 6.07) is 1.55. The normalized spacial score (nSPS) is 10.2. The molecule has 0 aromatic carbocycles. The van der Waals surface area contributed by atoms with Crippen LogP contribution in [0.15, 0.2) is 17.6 Å². The number of amides is 1. The minimum Gasteiger partial charge on any atom is -0.375 e. The fraction of sp³-hybridized carbons (Fsp3) is 0.111. The molecule has 1 amide bonds. The summed E-state index contributed by atoms with van der Waals surface area (Å²) in [4.78, 5) is 23.1. The molecule has 0 spiro atoms. The number of hydrogen-bond acceptors (Lipinski definition) is 6. The third-order valence-electron chi connectivity index (χ3n) is 1.80. The van der Waals surface area contributed by atoms with Crippen LogP contribution in [0.1, 0.15) is 5.69 Å². The van der Waals surface area contributed by atoms with Gasteiger partial charge < -0.3 is 11.1 Å². The van der Waals surface area contributed by atoms with Crippen LogP contribution >= 0.6 is 22.9 Å². The molecule has 88 valence electrons. The Bertz CT molecular complexity index is 544. The number of aromatic nitrogens is 3. The van der Waals surface area contributed by atoms with Crippen LogP contribution in [-0.2, 0) is 11.2 Å². The van der Waals surface area contributed by atoms with Gasteiger partial charge >= 0.3 is 0 Å².